The summed E-state index contributed by atoms with van der Waals surface area (Å²) in [6, 6.07) is 5.51. The molecule has 0 aliphatic carbocycles. The molecule has 0 aliphatic rings. The summed E-state index contributed by atoms with van der Waals surface area (Å²) in [4.78, 5) is 19.2. The third-order valence-electron chi connectivity index (χ3n) is 3.01. The predicted octanol–water partition coefficient (Wildman–Crippen LogP) is 2.29. The van der Waals surface area contributed by atoms with Gasteiger partial charge in [0, 0.05) is 24.2 Å². The molecule has 0 spiro atoms. The van der Waals surface area contributed by atoms with Gasteiger partial charge in [-0.2, -0.15) is 0 Å². The fraction of sp³-hybridized carbons (Fsp3) is 0.286. The van der Waals surface area contributed by atoms with Crippen LogP contribution < -0.4 is 5.56 Å². The van der Waals surface area contributed by atoms with Gasteiger partial charge in [0.15, 0.2) is 4.96 Å². The van der Waals surface area contributed by atoms with E-state index in [0.29, 0.717) is 13.1 Å². The molecular weight excluding hydrogens is 274 g/mol. The molecule has 20 heavy (non-hydrogen) atoms. The normalized spacial score (nSPS) is 11.6. The average Bonchev–Trinajstić information content (AvgIpc) is 2.98. The lowest BCUT2D eigenvalue weighted by atomic mass is 10.3. The molecule has 0 saturated carbocycles. The van der Waals surface area contributed by atoms with E-state index in [1.54, 1.807) is 16.7 Å². The van der Waals surface area contributed by atoms with Crippen LogP contribution >= 0.6 is 11.3 Å². The van der Waals surface area contributed by atoms with E-state index in [2.05, 4.69) is 9.88 Å². The molecule has 5 nitrogen and oxygen atoms in total. The standard InChI is InChI=1S/C14H15N3O2S/c1-10-3-4-12(19-10)9-16(2)8-11-7-13(18)17-5-6-20-14(17)15-11/h3-7H,8-9H2,1-2H3. The Morgan fingerprint density at radius 2 is 2.25 bits per heavy atom. The molecule has 0 fully saturated rings. The van der Waals surface area contributed by atoms with Crippen molar-refractivity contribution in [3.05, 3.63) is 57.3 Å². The highest BCUT2D eigenvalue weighted by atomic mass is 32.1. The quantitative estimate of drug-likeness (QED) is 0.739. The first-order chi connectivity index (χ1) is 9.61. The number of aromatic nitrogens is 2. The Kier molecular flexibility index (Phi) is 3.42. The molecule has 0 amide bonds. The number of aryl methyl sites for hydroxylation is 1. The maximum atomic E-state index is 11.9. The van der Waals surface area contributed by atoms with Crippen molar-refractivity contribution in [1.82, 2.24) is 14.3 Å². The lowest BCUT2D eigenvalue weighted by Gasteiger charge is -2.14. The Hall–Kier alpha value is -1.92. The SMILES string of the molecule is Cc1ccc(CN(C)Cc2cc(=O)n3ccsc3n2)o1. The molecule has 0 N–H and O–H groups in total. The Morgan fingerprint density at radius 3 is 3.00 bits per heavy atom. The Labute approximate surface area is 120 Å². The van der Waals surface area contributed by atoms with Crippen LogP contribution in [0.2, 0.25) is 0 Å². The predicted molar refractivity (Wildman–Crippen MR) is 78.0 cm³/mol. The molecule has 0 unspecified atom stereocenters. The van der Waals surface area contributed by atoms with Gasteiger partial charge in [-0.3, -0.25) is 14.1 Å². The molecule has 0 atom stereocenters. The summed E-state index contributed by atoms with van der Waals surface area (Å²) in [6.07, 6.45) is 1.74. The zero-order chi connectivity index (χ0) is 14.1. The van der Waals surface area contributed by atoms with Gasteiger partial charge in [-0.25, -0.2) is 4.98 Å². The van der Waals surface area contributed by atoms with Crippen LogP contribution in [0.1, 0.15) is 17.2 Å². The number of nitrogens with zero attached hydrogens (tertiary/aromatic N) is 3. The minimum absolute atomic E-state index is 0.0338. The zero-order valence-electron chi connectivity index (χ0n) is 11.4. The van der Waals surface area contributed by atoms with Crippen LogP contribution in [0.4, 0.5) is 0 Å². The van der Waals surface area contributed by atoms with Crippen LogP contribution in [0, 0.1) is 6.92 Å². The van der Waals surface area contributed by atoms with Crippen molar-refractivity contribution in [3.8, 4) is 0 Å². The summed E-state index contributed by atoms with van der Waals surface area (Å²) < 4.78 is 7.11. The first kappa shape index (κ1) is 13.1. The van der Waals surface area contributed by atoms with Crippen LogP contribution in [0.5, 0.6) is 0 Å². The molecule has 3 heterocycles. The number of fused-ring (bicyclic) bond motifs is 1. The van der Waals surface area contributed by atoms with Gasteiger partial charge in [-0.05, 0) is 26.1 Å². The van der Waals surface area contributed by atoms with E-state index in [9.17, 15) is 4.79 Å². The summed E-state index contributed by atoms with van der Waals surface area (Å²) >= 11 is 1.46. The van der Waals surface area contributed by atoms with Crippen LogP contribution in [0.15, 0.2) is 39.0 Å². The average molecular weight is 289 g/mol. The fourth-order valence-electron chi connectivity index (χ4n) is 2.14. The van der Waals surface area contributed by atoms with E-state index in [1.807, 2.05) is 31.5 Å². The summed E-state index contributed by atoms with van der Waals surface area (Å²) in [5, 5.41) is 1.86. The van der Waals surface area contributed by atoms with Gasteiger partial charge in [0.25, 0.3) is 5.56 Å². The van der Waals surface area contributed by atoms with Crippen molar-refractivity contribution in [1.29, 1.82) is 0 Å². The molecule has 0 saturated heterocycles. The third kappa shape index (κ3) is 2.66. The summed E-state index contributed by atoms with van der Waals surface area (Å²) in [5.41, 5.74) is 0.747. The molecule has 0 radical (unpaired) electrons. The van der Waals surface area contributed by atoms with Crippen molar-refractivity contribution in [3.63, 3.8) is 0 Å². The number of furan rings is 1. The zero-order valence-corrected chi connectivity index (χ0v) is 12.2. The van der Waals surface area contributed by atoms with Gasteiger partial charge < -0.3 is 4.42 Å². The van der Waals surface area contributed by atoms with Gasteiger partial charge in [-0.1, -0.05) is 0 Å². The summed E-state index contributed by atoms with van der Waals surface area (Å²) in [6.45, 7) is 3.24. The molecule has 0 bridgehead atoms. The topological polar surface area (TPSA) is 50.8 Å². The van der Waals surface area contributed by atoms with Crippen molar-refractivity contribution in [2.45, 2.75) is 20.0 Å². The smallest absolute Gasteiger partial charge is 0.258 e. The second-order valence-corrected chi connectivity index (χ2v) is 5.70. The first-order valence-corrected chi connectivity index (χ1v) is 7.19. The lowest BCUT2D eigenvalue weighted by molar-refractivity contribution is 0.282. The van der Waals surface area contributed by atoms with Crippen molar-refractivity contribution in [2.75, 3.05) is 7.05 Å². The van der Waals surface area contributed by atoms with Crippen molar-refractivity contribution < 1.29 is 4.42 Å². The molecule has 0 aromatic carbocycles. The maximum absolute atomic E-state index is 11.9. The molecule has 3 aromatic heterocycles. The van der Waals surface area contributed by atoms with E-state index < -0.39 is 0 Å². The van der Waals surface area contributed by atoms with Gasteiger partial charge >= 0.3 is 0 Å². The van der Waals surface area contributed by atoms with E-state index in [0.717, 1.165) is 22.2 Å². The molecule has 3 aromatic rings. The van der Waals surface area contributed by atoms with Gasteiger partial charge in [0.2, 0.25) is 0 Å². The van der Waals surface area contributed by atoms with Crippen molar-refractivity contribution >= 4 is 16.3 Å². The highest BCUT2D eigenvalue weighted by Gasteiger charge is 2.08. The highest BCUT2D eigenvalue weighted by molar-refractivity contribution is 7.15. The van der Waals surface area contributed by atoms with Crippen LogP contribution in [0.25, 0.3) is 4.96 Å². The third-order valence-corrected chi connectivity index (χ3v) is 3.77. The second-order valence-electron chi connectivity index (χ2n) is 4.83. The Morgan fingerprint density at radius 1 is 1.40 bits per heavy atom. The van der Waals surface area contributed by atoms with E-state index in [1.165, 1.54) is 11.3 Å². The minimum atomic E-state index is -0.0338. The maximum Gasteiger partial charge on any atom is 0.258 e. The highest BCUT2D eigenvalue weighted by Crippen LogP contribution is 2.11. The molecule has 3 rings (SSSR count). The van der Waals surface area contributed by atoms with E-state index in [4.69, 9.17) is 4.42 Å². The molecular formula is C14H15N3O2S. The molecule has 104 valence electrons. The fourth-order valence-corrected chi connectivity index (χ4v) is 2.88. The van der Waals surface area contributed by atoms with Crippen LogP contribution in [-0.4, -0.2) is 21.3 Å². The van der Waals surface area contributed by atoms with Crippen molar-refractivity contribution in [2.24, 2.45) is 0 Å². The van der Waals surface area contributed by atoms with Gasteiger partial charge in [0.1, 0.15) is 11.5 Å². The largest absolute Gasteiger partial charge is 0.465 e. The number of hydrogen-bond acceptors (Lipinski definition) is 5. The Bertz CT molecular complexity index is 787. The Balaban J connectivity index is 1.76. The number of thiazole rings is 1. The summed E-state index contributed by atoms with van der Waals surface area (Å²) in [7, 11) is 1.98. The second kappa shape index (κ2) is 5.22. The number of hydrogen-bond donors (Lipinski definition) is 0. The summed E-state index contributed by atoms with van der Waals surface area (Å²) in [5.74, 6) is 1.82. The lowest BCUT2D eigenvalue weighted by Crippen LogP contribution is -2.20. The van der Waals surface area contributed by atoms with E-state index >= 15 is 0 Å². The minimum Gasteiger partial charge on any atom is -0.465 e. The number of rotatable bonds is 4. The molecule has 6 heteroatoms. The van der Waals surface area contributed by atoms with Gasteiger partial charge in [-0.15, -0.1) is 11.3 Å². The van der Waals surface area contributed by atoms with Gasteiger partial charge in [0.05, 0.1) is 12.2 Å². The molecule has 0 aliphatic heterocycles. The van der Waals surface area contributed by atoms with Crippen LogP contribution in [0.3, 0.4) is 0 Å². The first-order valence-electron chi connectivity index (χ1n) is 6.31. The van der Waals surface area contributed by atoms with E-state index in [-0.39, 0.29) is 5.56 Å². The monoisotopic (exact) mass is 289 g/mol. The van der Waals surface area contributed by atoms with Crippen LogP contribution in [-0.2, 0) is 13.1 Å².